The molecular formula is C33H32N2O. The van der Waals surface area contributed by atoms with Crippen LogP contribution in [0.3, 0.4) is 0 Å². The first kappa shape index (κ1) is 20.5. The van der Waals surface area contributed by atoms with Gasteiger partial charge in [-0.1, -0.05) is 83.1 Å². The summed E-state index contributed by atoms with van der Waals surface area (Å²) in [7, 11) is 0. The van der Waals surface area contributed by atoms with E-state index in [1.54, 1.807) is 0 Å². The summed E-state index contributed by atoms with van der Waals surface area (Å²) in [5.74, 6) is 0.532. The van der Waals surface area contributed by atoms with Gasteiger partial charge in [0.25, 0.3) is 0 Å². The van der Waals surface area contributed by atoms with Crippen LogP contribution in [-0.4, -0.2) is 9.97 Å². The van der Waals surface area contributed by atoms with Crippen molar-refractivity contribution in [2.24, 2.45) is 5.92 Å². The van der Waals surface area contributed by atoms with Gasteiger partial charge in [-0.2, -0.15) is 4.98 Å². The number of nitrogens with zero attached hydrogens (tertiary/aromatic N) is 2. The number of furan rings is 1. The van der Waals surface area contributed by atoms with Crippen LogP contribution in [-0.2, 0) is 11.8 Å². The maximum atomic E-state index is 8.54. The van der Waals surface area contributed by atoms with E-state index in [9.17, 15) is 0 Å². The molecule has 0 aliphatic rings. The van der Waals surface area contributed by atoms with Gasteiger partial charge in [-0.05, 0) is 70.1 Å². The highest BCUT2D eigenvalue weighted by Crippen LogP contribution is 2.41. The minimum absolute atomic E-state index is 0.0376. The molecule has 4 aromatic carbocycles. The second kappa shape index (κ2) is 8.16. The molecule has 2 aromatic heterocycles. The van der Waals surface area contributed by atoms with Gasteiger partial charge in [0, 0.05) is 19.1 Å². The lowest BCUT2D eigenvalue weighted by Crippen LogP contribution is -2.12. The first-order valence-electron chi connectivity index (χ1n) is 13.6. The van der Waals surface area contributed by atoms with E-state index in [1.807, 2.05) is 39.0 Å². The molecule has 0 spiro atoms. The molecule has 0 aliphatic carbocycles. The van der Waals surface area contributed by atoms with Crippen LogP contribution in [0, 0.1) is 12.8 Å². The predicted octanol–water partition coefficient (Wildman–Crippen LogP) is 9.15. The summed E-state index contributed by atoms with van der Waals surface area (Å²) in [5, 5.41) is 6.21. The molecule has 0 bridgehead atoms. The molecule has 0 aliphatic heterocycles. The smallest absolute Gasteiger partial charge is 0.231 e. The highest BCUT2D eigenvalue weighted by Gasteiger charge is 2.22. The average Bonchev–Trinajstić information content (AvgIpc) is 3.25. The number of aryl methyl sites for hydroxylation is 1. The van der Waals surface area contributed by atoms with E-state index in [0.29, 0.717) is 17.1 Å². The molecule has 0 atom stereocenters. The van der Waals surface area contributed by atoms with Crippen molar-refractivity contribution >= 4 is 43.6 Å². The fourth-order valence-corrected chi connectivity index (χ4v) is 5.27. The largest absolute Gasteiger partial charge is 0.437 e. The number of benzene rings is 4. The Morgan fingerprint density at radius 1 is 0.861 bits per heavy atom. The van der Waals surface area contributed by atoms with Crippen molar-refractivity contribution in [1.29, 1.82) is 0 Å². The van der Waals surface area contributed by atoms with E-state index in [1.165, 1.54) is 16.3 Å². The van der Waals surface area contributed by atoms with Crippen LogP contribution in [0.4, 0.5) is 0 Å². The Morgan fingerprint density at radius 2 is 1.61 bits per heavy atom. The first-order valence-corrected chi connectivity index (χ1v) is 12.6. The summed E-state index contributed by atoms with van der Waals surface area (Å²) in [6, 6.07) is 22.9. The third-order valence-corrected chi connectivity index (χ3v) is 6.82. The lowest BCUT2D eigenvalue weighted by atomic mass is 9.82. The van der Waals surface area contributed by atoms with Crippen molar-refractivity contribution in [3.63, 3.8) is 0 Å². The highest BCUT2D eigenvalue weighted by atomic mass is 16.3. The summed E-state index contributed by atoms with van der Waals surface area (Å²) >= 11 is 0. The van der Waals surface area contributed by atoms with Crippen LogP contribution in [0.2, 0.25) is 0 Å². The maximum absolute atomic E-state index is 8.54. The Kier molecular flexibility index (Phi) is 4.64. The highest BCUT2D eigenvalue weighted by molar-refractivity contribution is 6.18. The normalized spacial score (nSPS) is 13.8. The van der Waals surface area contributed by atoms with Crippen molar-refractivity contribution in [1.82, 2.24) is 9.97 Å². The molecule has 3 nitrogen and oxygen atoms in total. The molecule has 0 radical (unpaired) electrons. The van der Waals surface area contributed by atoms with E-state index >= 15 is 0 Å². The molecule has 0 saturated carbocycles. The van der Waals surface area contributed by atoms with Gasteiger partial charge in [-0.25, -0.2) is 4.98 Å². The standard InChI is InChI=1S/C33H32N2O/c1-19(2)15-21-11-13-26-23(16-21)12-14-27-29-30(34-20(3)35-32(29)36-31(26)27)24-17-22-9-7-8-10-25(22)28(18-24)33(4,5)6/h7-14,16-19H,15H2,1-6H3/i15D2. The Morgan fingerprint density at radius 3 is 2.39 bits per heavy atom. The Balaban J connectivity index is 1.64. The number of aromatic nitrogens is 2. The zero-order valence-corrected chi connectivity index (χ0v) is 21.7. The summed E-state index contributed by atoms with van der Waals surface area (Å²) in [4.78, 5) is 9.63. The van der Waals surface area contributed by atoms with Crippen molar-refractivity contribution in [2.75, 3.05) is 0 Å². The van der Waals surface area contributed by atoms with E-state index in [0.717, 1.165) is 38.4 Å². The number of fused-ring (bicyclic) bond motifs is 6. The Hall–Kier alpha value is -3.72. The van der Waals surface area contributed by atoms with Crippen LogP contribution in [0.15, 0.2) is 71.1 Å². The molecule has 0 N–H and O–H groups in total. The van der Waals surface area contributed by atoms with E-state index in [-0.39, 0.29) is 11.3 Å². The summed E-state index contributed by atoms with van der Waals surface area (Å²) in [6.45, 7) is 12.5. The van der Waals surface area contributed by atoms with Gasteiger partial charge in [0.15, 0.2) is 0 Å². The van der Waals surface area contributed by atoms with Crippen LogP contribution >= 0.6 is 0 Å². The van der Waals surface area contributed by atoms with Crippen LogP contribution < -0.4 is 0 Å². The summed E-state index contributed by atoms with van der Waals surface area (Å²) in [6.07, 6.45) is -1.41. The average molecular weight is 475 g/mol. The maximum Gasteiger partial charge on any atom is 0.231 e. The molecule has 0 amide bonds. The molecular weight excluding hydrogens is 440 g/mol. The second-order valence-electron chi connectivity index (χ2n) is 11.1. The predicted molar refractivity (Wildman–Crippen MR) is 152 cm³/mol. The Bertz CT molecular complexity index is 1880. The van der Waals surface area contributed by atoms with Gasteiger partial charge < -0.3 is 4.42 Å². The molecule has 0 saturated heterocycles. The molecule has 6 rings (SSSR count). The lowest BCUT2D eigenvalue weighted by molar-refractivity contribution is 0.596. The third-order valence-electron chi connectivity index (χ3n) is 6.82. The second-order valence-corrected chi connectivity index (χ2v) is 11.1. The molecule has 2 heterocycles. The van der Waals surface area contributed by atoms with Crippen molar-refractivity contribution in [2.45, 2.75) is 53.3 Å². The first-order chi connectivity index (χ1) is 17.9. The van der Waals surface area contributed by atoms with Crippen molar-refractivity contribution < 1.29 is 7.16 Å². The van der Waals surface area contributed by atoms with E-state index in [4.69, 9.17) is 12.1 Å². The van der Waals surface area contributed by atoms with E-state index < -0.39 is 6.37 Å². The number of hydrogen-bond acceptors (Lipinski definition) is 3. The molecule has 6 aromatic rings. The van der Waals surface area contributed by atoms with Crippen LogP contribution in [0.5, 0.6) is 0 Å². The molecule has 36 heavy (non-hydrogen) atoms. The summed E-state index contributed by atoms with van der Waals surface area (Å²) in [5.41, 5.74) is 5.17. The SMILES string of the molecule is [2H]C([2H])(c1ccc2c(ccc3c2oc2nc(C)nc(-c4cc(C(C)(C)C)c5ccccc5c4)c23)c1)C(C)C. The minimum atomic E-state index is -1.41. The van der Waals surface area contributed by atoms with Gasteiger partial charge in [-0.15, -0.1) is 0 Å². The topological polar surface area (TPSA) is 38.9 Å². The zero-order valence-electron chi connectivity index (χ0n) is 23.7. The quantitative estimate of drug-likeness (QED) is 0.257. The monoisotopic (exact) mass is 474 g/mol. The molecule has 0 fully saturated rings. The zero-order chi connectivity index (χ0) is 27.0. The molecule has 3 heteroatoms. The van der Waals surface area contributed by atoms with Crippen LogP contribution in [0.25, 0.3) is 54.9 Å². The fourth-order valence-electron chi connectivity index (χ4n) is 5.27. The van der Waals surface area contributed by atoms with Crippen molar-refractivity contribution in [3.05, 3.63) is 83.7 Å². The van der Waals surface area contributed by atoms with Gasteiger partial charge in [0.1, 0.15) is 11.4 Å². The van der Waals surface area contributed by atoms with Gasteiger partial charge in [0.2, 0.25) is 5.71 Å². The summed E-state index contributed by atoms with van der Waals surface area (Å²) < 4.78 is 23.5. The van der Waals surface area contributed by atoms with Gasteiger partial charge in [-0.3, -0.25) is 0 Å². The third kappa shape index (κ3) is 3.74. The Labute approximate surface area is 215 Å². The van der Waals surface area contributed by atoms with Gasteiger partial charge in [0.05, 0.1) is 11.1 Å². The fraction of sp³-hybridized carbons (Fsp3) is 0.273. The number of rotatable bonds is 3. The molecule has 180 valence electrons. The minimum Gasteiger partial charge on any atom is -0.437 e. The van der Waals surface area contributed by atoms with Gasteiger partial charge >= 0.3 is 0 Å². The van der Waals surface area contributed by atoms with Crippen LogP contribution in [0.1, 0.15) is 54.3 Å². The molecule has 0 unspecified atom stereocenters. The number of hydrogen-bond donors (Lipinski definition) is 0. The lowest BCUT2D eigenvalue weighted by Gasteiger charge is -2.23. The van der Waals surface area contributed by atoms with E-state index in [2.05, 4.69) is 74.3 Å². The van der Waals surface area contributed by atoms with Crippen molar-refractivity contribution in [3.8, 4) is 11.3 Å².